The number of anilines is 2. The van der Waals surface area contributed by atoms with Crippen LogP contribution in [0.2, 0.25) is 0 Å². The minimum absolute atomic E-state index is 0.588. The van der Waals surface area contributed by atoms with Crippen LogP contribution in [0.25, 0.3) is 11.3 Å². The van der Waals surface area contributed by atoms with Gasteiger partial charge in [-0.15, -0.1) is 0 Å². The molecular weight excluding hydrogens is 348 g/mol. The van der Waals surface area contributed by atoms with Crippen molar-refractivity contribution in [1.29, 1.82) is 0 Å². The summed E-state index contributed by atoms with van der Waals surface area (Å²) in [6.45, 7) is 1.44. The number of aromatic nitrogens is 2. The van der Waals surface area contributed by atoms with Crippen LogP contribution in [0.15, 0.2) is 70.9 Å². The van der Waals surface area contributed by atoms with Crippen molar-refractivity contribution < 1.29 is 4.42 Å². The van der Waals surface area contributed by atoms with Crippen molar-refractivity contribution in [3.63, 3.8) is 0 Å². The van der Waals surface area contributed by atoms with Crippen LogP contribution in [-0.4, -0.2) is 16.5 Å². The van der Waals surface area contributed by atoms with Gasteiger partial charge in [-0.2, -0.15) is 4.98 Å². The highest BCUT2D eigenvalue weighted by molar-refractivity contribution is 5.64. The smallest absolute Gasteiger partial charge is 0.225 e. The molecule has 5 heteroatoms. The molecular formula is C23H26N4O. The number of benzene rings is 1. The summed E-state index contributed by atoms with van der Waals surface area (Å²) in [5.41, 5.74) is 3.52. The van der Waals surface area contributed by atoms with Gasteiger partial charge in [0.2, 0.25) is 5.95 Å². The highest BCUT2D eigenvalue weighted by atomic mass is 16.3. The van der Waals surface area contributed by atoms with E-state index in [0.29, 0.717) is 12.5 Å². The van der Waals surface area contributed by atoms with Crippen molar-refractivity contribution in [3.8, 4) is 11.3 Å². The maximum Gasteiger partial charge on any atom is 0.225 e. The Labute approximate surface area is 165 Å². The van der Waals surface area contributed by atoms with Gasteiger partial charge in [0.1, 0.15) is 11.6 Å². The van der Waals surface area contributed by atoms with Gasteiger partial charge in [0, 0.05) is 18.2 Å². The molecule has 0 bridgehead atoms. The van der Waals surface area contributed by atoms with Crippen LogP contribution in [-0.2, 0) is 6.54 Å². The van der Waals surface area contributed by atoms with Gasteiger partial charge in [0.25, 0.3) is 0 Å². The molecule has 5 nitrogen and oxygen atoms in total. The first-order valence-corrected chi connectivity index (χ1v) is 9.99. The van der Waals surface area contributed by atoms with Crippen molar-refractivity contribution in [2.75, 3.05) is 17.2 Å². The lowest BCUT2D eigenvalue weighted by molar-refractivity contribution is 0.518. The third kappa shape index (κ3) is 5.00. The number of hydrogen-bond acceptors (Lipinski definition) is 5. The number of furan rings is 1. The summed E-state index contributed by atoms with van der Waals surface area (Å²) < 4.78 is 5.40. The SMILES string of the molecule is C1=C(CCNc2nc(NCc3ccco3)cc(-c3ccccc3)n2)CCCC1. The molecule has 1 aromatic carbocycles. The molecule has 1 aliphatic rings. The maximum atomic E-state index is 5.40. The second-order valence-corrected chi connectivity index (χ2v) is 7.05. The Bertz CT molecular complexity index is 904. The van der Waals surface area contributed by atoms with Gasteiger partial charge >= 0.3 is 0 Å². The van der Waals surface area contributed by atoms with E-state index in [0.717, 1.165) is 35.8 Å². The lowest BCUT2D eigenvalue weighted by Crippen LogP contribution is -2.10. The van der Waals surface area contributed by atoms with E-state index in [1.54, 1.807) is 11.8 Å². The van der Waals surface area contributed by atoms with E-state index in [-0.39, 0.29) is 0 Å². The molecule has 2 N–H and O–H groups in total. The molecule has 3 aromatic rings. The average Bonchev–Trinajstić information content (AvgIpc) is 3.27. The second kappa shape index (κ2) is 9.22. The van der Waals surface area contributed by atoms with Gasteiger partial charge < -0.3 is 15.1 Å². The standard InChI is InChI=1S/C23H26N4O/c1-3-8-18(9-4-1)13-14-24-23-26-21(19-10-5-2-6-11-19)16-22(27-23)25-17-20-12-7-15-28-20/h2,5-8,10-12,15-16H,1,3-4,9,13-14,17H2,(H2,24,25,26,27). The Morgan fingerprint density at radius 3 is 2.68 bits per heavy atom. The van der Waals surface area contributed by atoms with Crippen LogP contribution in [0.5, 0.6) is 0 Å². The first-order valence-electron chi connectivity index (χ1n) is 9.99. The lowest BCUT2D eigenvalue weighted by Gasteiger charge is -2.14. The first kappa shape index (κ1) is 18.3. The van der Waals surface area contributed by atoms with Crippen LogP contribution >= 0.6 is 0 Å². The monoisotopic (exact) mass is 374 g/mol. The van der Waals surface area contributed by atoms with Gasteiger partial charge in [-0.25, -0.2) is 4.98 Å². The van der Waals surface area contributed by atoms with Gasteiger partial charge in [0.05, 0.1) is 18.5 Å². The molecule has 0 fully saturated rings. The molecule has 0 atom stereocenters. The van der Waals surface area contributed by atoms with Gasteiger partial charge in [-0.3, -0.25) is 0 Å². The summed E-state index contributed by atoms with van der Waals surface area (Å²) in [7, 11) is 0. The van der Waals surface area contributed by atoms with Crippen molar-refractivity contribution >= 4 is 11.8 Å². The Kier molecular flexibility index (Phi) is 6.02. The van der Waals surface area contributed by atoms with E-state index in [1.807, 2.05) is 36.4 Å². The van der Waals surface area contributed by atoms with Crippen molar-refractivity contribution in [3.05, 3.63) is 72.2 Å². The van der Waals surface area contributed by atoms with Crippen LogP contribution < -0.4 is 10.6 Å². The molecule has 2 heterocycles. The molecule has 0 spiro atoms. The van der Waals surface area contributed by atoms with Crippen LogP contribution in [0, 0.1) is 0 Å². The number of nitrogens with one attached hydrogen (secondary N) is 2. The Morgan fingerprint density at radius 1 is 0.964 bits per heavy atom. The molecule has 0 aliphatic heterocycles. The molecule has 0 unspecified atom stereocenters. The molecule has 0 saturated carbocycles. The number of nitrogens with zero attached hydrogens (tertiary/aromatic N) is 2. The highest BCUT2D eigenvalue weighted by Gasteiger charge is 2.08. The molecule has 28 heavy (non-hydrogen) atoms. The molecule has 1 aliphatic carbocycles. The third-order valence-electron chi connectivity index (χ3n) is 4.93. The second-order valence-electron chi connectivity index (χ2n) is 7.05. The predicted octanol–water partition coefficient (Wildman–Crippen LogP) is 5.65. The highest BCUT2D eigenvalue weighted by Crippen LogP contribution is 2.23. The maximum absolute atomic E-state index is 5.40. The predicted molar refractivity (Wildman–Crippen MR) is 113 cm³/mol. The van der Waals surface area contributed by atoms with E-state index in [4.69, 9.17) is 9.40 Å². The summed E-state index contributed by atoms with van der Waals surface area (Å²) in [6, 6.07) is 16.0. The fourth-order valence-electron chi connectivity index (χ4n) is 3.43. The number of hydrogen-bond donors (Lipinski definition) is 2. The van der Waals surface area contributed by atoms with Gasteiger partial charge in [0.15, 0.2) is 0 Å². The minimum Gasteiger partial charge on any atom is -0.467 e. The van der Waals surface area contributed by atoms with Gasteiger partial charge in [-0.05, 0) is 44.2 Å². The zero-order valence-corrected chi connectivity index (χ0v) is 16.0. The molecule has 4 rings (SSSR count). The molecule has 0 radical (unpaired) electrons. The topological polar surface area (TPSA) is 63.0 Å². The molecule has 0 saturated heterocycles. The average molecular weight is 374 g/mol. The summed E-state index contributed by atoms with van der Waals surface area (Å²) in [5, 5.41) is 6.75. The van der Waals surface area contributed by atoms with E-state index in [9.17, 15) is 0 Å². The van der Waals surface area contributed by atoms with Crippen LogP contribution in [0.3, 0.4) is 0 Å². The summed E-state index contributed by atoms with van der Waals surface area (Å²) in [6.07, 6.45) is 10.2. The lowest BCUT2D eigenvalue weighted by atomic mass is 9.97. The van der Waals surface area contributed by atoms with E-state index in [1.165, 1.54) is 25.7 Å². The van der Waals surface area contributed by atoms with Crippen molar-refractivity contribution in [1.82, 2.24) is 9.97 Å². The number of rotatable bonds is 8. The van der Waals surface area contributed by atoms with E-state index >= 15 is 0 Å². The van der Waals surface area contributed by atoms with E-state index < -0.39 is 0 Å². The Balaban J connectivity index is 1.48. The van der Waals surface area contributed by atoms with Crippen LogP contribution in [0.4, 0.5) is 11.8 Å². The quantitative estimate of drug-likeness (QED) is 0.499. The molecule has 144 valence electrons. The summed E-state index contributed by atoms with van der Waals surface area (Å²) in [5.74, 6) is 2.31. The molecule has 0 amide bonds. The normalized spacial score (nSPS) is 13.8. The third-order valence-corrected chi connectivity index (χ3v) is 4.93. The Morgan fingerprint density at radius 2 is 1.89 bits per heavy atom. The molecule has 2 aromatic heterocycles. The first-order chi connectivity index (χ1) is 13.9. The Hall–Kier alpha value is -3.08. The largest absolute Gasteiger partial charge is 0.467 e. The zero-order valence-electron chi connectivity index (χ0n) is 16.0. The minimum atomic E-state index is 0.588. The summed E-state index contributed by atoms with van der Waals surface area (Å²) in [4.78, 5) is 9.37. The summed E-state index contributed by atoms with van der Waals surface area (Å²) >= 11 is 0. The fraction of sp³-hybridized carbons (Fsp3) is 0.304. The van der Waals surface area contributed by atoms with Crippen LogP contribution in [0.1, 0.15) is 37.9 Å². The zero-order chi connectivity index (χ0) is 19.0. The number of allylic oxidation sites excluding steroid dienone is 1. The van der Waals surface area contributed by atoms with E-state index in [2.05, 4.69) is 33.8 Å². The van der Waals surface area contributed by atoms with Crippen molar-refractivity contribution in [2.45, 2.75) is 38.6 Å². The fourth-order valence-corrected chi connectivity index (χ4v) is 3.43. The van der Waals surface area contributed by atoms with Gasteiger partial charge in [-0.1, -0.05) is 42.0 Å². The van der Waals surface area contributed by atoms with Crippen molar-refractivity contribution in [2.24, 2.45) is 0 Å².